The van der Waals surface area contributed by atoms with Gasteiger partial charge in [0.1, 0.15) is 11.5 Å². The Morgan fingerprint density at radius 3 is 2.45 bits per heavy atom. The van der Waals surface area contributed by atoms with E-state index < -0.39 is 0 Å². The van der Waals surface area contributed by atoms with Crippen molar-refractivity contribution in [1.82, 2.24) is 10.3 Å². The predicted molar refractivity (Wildman–Crippen MR) is 84.7 cm³/mol. The van der Waals surface area contributed by atoms with Gasteiger partial charge in [-0.25, -0.2) is 0 Å². The molecule has 1 amide bonds. The zero-order chi connectivity index (χ0) is 15.8. The number of ether oxygens (including phenoxy) is 2. The number of aromatic nitrogens is 1. The van der Waals surface area contributed by atoms with Gasteiger partial charge >= 0.3 is 0 Å². The molecule has 2 rings (SSSR count). The zero-order valence-corrected chi connectivity index (χ0v) is 12.6. The second-order valence-corrected chi connectivity index (χ2v) is 4.45. The summed E-state index contributed by atoms with van der Waals surface area (Å²) in [4.78, 5) is 16.0. The van der Waals surface area contributed by atoms with Crippen LogP contribution in [-0.4, -0.2) is 25.1 Å². The van der Waals surface area contributed by atoms with E-state index in [9.17, 15) is 4.79 Å². The third-order valence-electron chi connectivity index (χ3n) is 3.04. The van der Waals surface area contributed by atoms with Crippen LogP contribution >= 0.6 is 0 Å². The Morgan fingerprint density at radius 1 is 1.14 bits per heavy atom. The lowest BCUT2D eigenvalue weighted by molar-refractivity contribution is -0.116. The van der Waals surface area contributed by atoms with Crippen LogP contribution in [0.25, 0.3) is 6.08 Å². The van der Waals surface area contributed by atoms with Gasteiger partial charge in [0.05, 0.1) is 32.0 Å². The van der Waals surface area contributed by atoms with Crippen LogP contribution in [0.2, 0.25) is 0 Å². The number of hydrogen-bond acceptors (Lipinski definition) is 4. The number of methoxy groups -OCH3 is 2. The minimum atomic E-state index is -0.210. The van der Waals surface area contributed by atoms with Crippen molar-refractivity contribution in [2.75, 3.05) is 14.2 Å². The van der Waals surface area contributed by atoms with Crippen molar-refractivity contribution >= 4 is 12.0 Å². The number of amides is 1. The summed E-state index contributed by atoms with van der Waals surface area (Å²) in [7, 11) is 3.15. The summed E-state index contributed by atoms with van der Waals surface area (Å²) in [6.45, 7) is 0.382. The van der Waals surface area contributed by atoms with Gasteiger partial charge < -0.3 is 14.8 Å². The third kappa shape index (κ3) is 4.09. The van der Waals surface area contributed by atoms with Gasteiger partial charge in [-0.3, -0.25) is 9.78 Å². The molecule has 0 aliphatic carbocycles. The number of pyridine rings is 1. The van der Waals surface area contributed by atoms with Gasteiger partial charge in [-0.2, -0.15) is 0 Å². The van der Waals surface area contributed by atoms with Crippen LogP contribution in [-0.2, 0) is 11.3 Å². The van der Waals surface area contributed by atoms with E-state index in [4.69, 9.17) is 9.47 Å². The topological polar surface area (TPSA) is 60.5 Å². The lowest BCUT2D eigenvalue weighted by Gasteiger charge is -2.09. The Bertz CT molecular complexity index is 632. The Labute approximate surface area is 129 Å². The predicted octanol–water partition coefficient (Wildman–Crippen LogP) is 2.43. The molecule has 1 heterocycles. The highest BCUT2D eigenvalue weighted by molar-refractivity contribution is 5.92. The third-order valence-corrected chi connectivity index (χ3v) is 3.04. The molecule has 1 aromatic carbocycles. The largest absolute Gasteiger partial charge is 0.496 e. The lowest BCUT2D eigenvalue weighted by atomic mass is 10.1. The molecule has 0 saturated heterocycles. The van der Waals surface area contributed by atoms with Gasteiger partial charge in [0.25, 0.3) is 0 Å². The fraction of sp³-hybridized carbons (Fsp3) is 0.176. The summed E-state index contributed by atoms with van der Waals surface area (Å²) in [5.41, 5.74) is 1.53. The van der Waals surface area contributed by atoms with Crippen LogP contribution in [0.3, 0.4) is 0 Å². The van der Waals surface area contributed by atoms with Crippen molar-refractivity contribution in [2.24, 2.45) is 0 Å². The van der Waals surface area contributed by atoms with Crippen molar-refractivity contribution in [3.63, 3.8) is 0 Å². The summed E-state index contributed by atoms with van der Waals surface area (Å²) in [6, 6.07) is 11.0. The first-order valence-corrected chi connectivity index (χ1v) is 6.81. The Morgan fingerprint density at radius 2 is 1.86 bits per heavy atom. The molecule has 0 aliphatic heterocycles. The van der Waals surface area contributed by atoms with Gasteiger partial charge in [0, 0.05) is 12.3 Å². The van der Waals surface area contributed by atoms with Crippen LogP contribution in [0.1, 0.15) is 11.3 Å². The number of carbonyl (C=O) groups excluding carboxylic acids is 1. The number of nitrogens with one attached hydrogen (secondary N) is 1. The highest BCUT2D eigenvalue weighted by Gasteiger charge is 2.07. The molecule has 1 N–H and O–H groups in total. The van der Waals surface area contributed by atoms with Crippen LogP contribution in [0, 0.1) is 0 Å². The molecule has 0 fully saturated rings. The summed E-state index contributed by atoms with van der Waals surface area (Å²) < 4.78 is 10.6. The van der Waals surface area contributed by atoms with Gasteiger partial charge in [0.15, 0.2) is 0 Å². The number of carbonyl (C=O) groups is 1. The molecule has 114 valence electrons. The highest BCUT2D eigenvalue weighted by Crippen LogP contribution is 2.29. The van der Waals surface area contributed by atoms with Crippen molar-refractivity contribution in [3.8, 4) is 11.5 Å². The van der Waals surface area contributed by atoms with Gasteiger partial charge in [-0.15, -0.1) is 0 Å². The molecule has 1 aromatic heterocycles. The average Bonchev–Trinajstić information content (AvgIpc) is 2.58. The van der Waals surface area contributed by atoms with E-state index in [0.717, 1.165) is 11.3 Å². The first kappa shape index (κ1) is 15.6. The van der Waals surface area contributed by atoms with Crippen molar-refractivity contribution in [3.05, 3.63) is 59.9 Å². The minimum Gasteiger partial charge on any atom is -0.496 e. The maximum atomic E-state index is 11.9. The van der Waals surface area contributed by atoms with E-state index in [2.05, 4.69) is 10.3 Å². The molecular weight excluding hydrogens is 280 g/mol. The first-order valence-electron chi connectivity index (χ1n) is 6.81. The van der Waals surface area contributed by atoms with E-state index >= 15 is 0 Å². The summed E-state index contributed by atoms with van der Waals surface area (Å²) in [5, 5.41) is 2.77. The second kappa shape index (κ2) is 7.83. The van der Waals surface area contributed by atoms with E-state index in [1.165, 1.54) is 6.08 Å². The van der Waals surface area contributed by atoms with E-state index in [0.29, 0.717) is 18.0 Å². The smallest absolute Gasteiger partial charge is 0.244 e. The summed E-state index contributed by atoms with van der Waals surface area (Å²) >= 11 is 0. The van der Waals surface area contributed by atoms with Crippen molar-refractivity contribution in [1.29, 1.82) is 0 Å². The maximum absolute atomic E-state index is 11.9. The molecule has 0 bridgehead atoms. The molecular formula is C17H18N2O3. The molecule has 2 aromatic rings. The van der Waals surface area contributed by atoms with Gasteiger partial charge in [-0.1, -0.05) is 12.1 Å². The summed E-state index contributed by atoms with van der Waals surface area (Å²) in [5.74, 6) is 1.08. The van der Waals surface area contributed by atoms with E-state index in [1.54, 1.807) is 26.5 Å². The van der Waals surface area contributed by atoms with Gasteiger partial charge in [0.2, 0.25) is 5.91 Å². The normalized spacial score (nSPS) is 10.5. The molecule has 0 aliphatic rings. The van der Waals surface area contributed by atoms with E-state index in [1.807, 2.05) is 36.4 Å². The molecule has 0 spiro atoms. The molecule has 22 heavy (non-hydrogen) atoms. The van der Waals surface area contributed by atoms with E-state index in [-0.39, 0.29) is 5.91 Å². The Kier molecular flexibility index (Phi) is 5.54. The van der Waals surface area contributed by atoms with Crippen molar-refractivity contribution < 1.29 is 14.3 Å². The molecule has 0 atom stereocenters. The quantitative estimate of drug-likeness (QED) is 0.832. The van der Waals surface area contributed by atoms with Gasteiger partial charge in [-0.05, 0) is 30.3 Å². The number of hydrogen-bond donors (Lipinski definition) is 1. The van der Waals surface area contributed by atoms with Crippen LogP contribution in [0.4, 0.5) is 0 Å². The maximum Gasteiger partial charge on any atom is 0.244 e. The van der Waals surface area contributed by atoms with Crippen LogP contribution < -0.4 is 14.8 Å². The Hall–Kier alpha value is -2.82. The SMILES string of the molecule is COc1cccc(OC)c1/C=C/C(=O)NCc1ccccn1. The monoisotopic (exact) mass is 298 g/mol. The number of rotatable bonds is 6. The number of nitrogens with zero attached hydrogens (tertiary/aromatic N) is 1. The average molecular weight is 298 g/mol. The molecule has 0 saturated carbocycles. The first-order chi connectivity index (χ1) is 10.7. The highest BCUT2D eigenvalue weighted by atomic mass is 16.5. The molecule has 5 heteroatoms. The lowest BCUT2D eigenvalue weighted by Crippen LogP contribution is -2.20. The van der Waals surface area contributed by atoms with Crippen LogP contribution in [0.15, 0.2) is 48.7 Å². The zero-order valence-electron chi connectivity index (χ0n) is 12.6. The fourth-order valence-corrected chi connectivity index (χ4v) is 1.94. The minimum absolute atomic E-state index is 0.210. The fourth-order valence-electron chi connectivity index (χ4n) is 1.94. The summed E-state index contributed by atoms with van der Waals surface area (Å²) in [6.07, 6.45) is 4.81. The standard InChI is InChI=1S/C17H18N2O3/c1-21-15-7-5-8-16(22-2)14(15)9-10-17(20)19-12-13-6-3-4-11-18-13/h3-11H,12H2,1-2H3,(H,19,20)/b10-9+. The molecule has 0 radical (unpaired) electrons. The molecule has 0 unspecified atom stereocenters. The van der Waals surface area contributed by atoms with Crippen molar-refractivity contribution in [2.45, 2.75) is 6.54 Å². The Balaban J connectivity index is 2.03. The van der Waals surface area contributed by atoms with Crippen LogP contribution in [0.5, 0.6) is 11.5 Å². The molecule has 5 nitrogen and oxygen atoms in total. The number of benzene rings is 1. The second-order valence-electron chi connectivity index (χ2n) is 4.45.